The fourth-order valence-corrected chi connectivity index (χ4v) is 5.21. The molecule has 0 saturated heterocycles. The van der Waals surface area contributed by atoms with Crippen LogP contribution in [-0.4, -0.2) is 30.6 Å². The fourth-order valence-electron chi connectivity index (χ4n) is 3.61. The number of imidazole rings is 1. The second-order valence-corrected chi connectivity index (χ2v) is 9.71. The Morgan fingerprint density at radius 1 is 0.970 bits per heavy atom. The van der Waals surface area contributed by atoms with E-state index in [1.54, 1.807) is 32.3 Å². The van der Waals surface area contributed by atoms with Crippen molar-refractivity contribution in [2.45, 2.75) is 9.79 Å². The topological polar surface area (TPSA) is 99.4 Å². The highest BCUT2D eigenvalue weighted by Gasteiger charge is 2.26. The van der Waals surface area contributed by atoms with Crippen LogP contribution < -0.4 is 15.7 Å². The normalized spacial score (nSPS) is 11.5. The molecule has 0 saturated carbocycles. The molecule has 1 aromatic heterocycles. The average molecular weight is 486 g/mol. The first-order valence-corrected chi connectivity index (χ1v) is 11.7. The van der Waals surface area contributed by atoms with Gasteiger partial charge in [0.05, 0.1) is 39.2 Å². The summed E-state index contributed by atoms with van der Waals surface area (Å²) < 4.78 is 35.0. The zero-order chi connectivity index (χ0) is 23.9. The summed E-state index contributed by atoms with van der Waals surface area (Å²) >= 11 is 5.99. The minimum atomic E-state index is -4.02. The lowest BCUT2D eigenvalue weighted by atomic mass is 10.1. The van der Waals surface area contributed by atoms with Crippen LogP contribution in [0.2, 0.25) is 5.02 Å². The number of carbonyl (C=O) groups is 1. The van der Waals surface area contributed by atoms with Gasteiger partial charge in [-0.2, -0.15) is 0 Å². The number of nitrogens with zero attached hydrogens (tertiary/aromatic N) is 2. The minimum Gasteiger partial charge on any atom is -0.496 e. The van der Waals surface area contributed by atoms with E-state index in [4.69, 9.17) is 16.3 Å². The number of carbonyl (C=O) groups excluding carboxylic acids is 1. The Bertz CT molecular complexity index is 1560. The Balaban J connectivity index is 1.93. The zero-order valence-corrected chi connectivity index (χ0v) is 19.6. The molecule has 3 aromatic carbocycles. The third-order valence-corrected chi connectivity index (χ3v) is 7.42. The fraction of sp³-hybridized carbons (Fsp3) is 0.130. The van der Waals surface area contributed by atoms with Gasteiger partial charge >= 0.3 is 5.69 Å². The number of hydrogen-bond acceptors (Lipinski definition) is 5. The molecule has 4 rings (SSSR count). The highest BCUT2D eigenvalue weighted by Crippen LogP contribution is 2.33. The zero-order valence-electron chi connectivity index (χ0n) is 18.0. The molecule has 0 fully saturated rings. The molecule has 0 atom stereocenters. The first-order valence-electron chi connectivity index (χ1n) is 9.79. The lowest BCUT2D eigenvalue weighted by molar-refractivity contribution is 0.102. The van der Waals surface area contributed by atoms with Gasteiger partial charge in [-0.25, -0.2) is 13.2 Å². The van der Waals surface area contributed by atoms with Crippen molar-refractivity contribution in [3.05, 3.63) is 81.7 Å². The molecule has 0 aliphatic heterocycles. The van der Waals surface area contributed by atoms with Crippen LogP contribution in [0.4, 0.5) is 5.69 Å². The van der Waals surface area contributed by atoms with Crippen LogP contribution in [0, 0.1) is 0 Å². The second kappa shape index (κ2) is 8.42. The molecule has 0 aliphatic carbocycles. The van der Waals surface area contributed by atoms with Gasteiger partial charge in [0.2, 0.25) is 9.84 Å². The predicted molar refractivity (Wildman–Crippen MR) is 126 cm³/mol. The Kier molecular flexibility index (Phi) is 5.77. The molecule has 170 valence electrons. The summed E-state index contributed by atoms with van der Waals surface area (Å²) in [6.07, 6.45) is 0. The van der Waals surface area contributed by atoms with Crippen LogP contribution in [0.3, 0.4) is 0 Å². The van der Waals surface area contributed by atoms with Gasteiger partial charge in [0.15, 0.2) is 0 Å². The van der Waals surface area contributed by atoms with Gasteiger partial charge < -0.3 is 10.1 Å². The Hall–Kier alpha value is -3.56. The summed E-state index contributed by atoms with van der Waals surface area (Å²) in [7, 11) is 0.508. The van der Waals surface area contributed by atoms with Crippen molar-refractivity contribution < 1.29 is 17.9 Å². The summed E-state index contributed by atoms with van der Waals surface area (Å²) in [6.45, 7) is 0. The van der Waals surface area contributed by atoms with Crippen molar-refractivity contribution in [2.24, 2.45) is 14.1 Å². The third kappa shape index (κ3) is 3.90. The summed E-state index contributed by atoms with van der Waals surface area (Å²) in [6, 6.07) is 15.3. The standard InChI is InChI=1S/C23H20ClN3O5S/c1-26-18-12-17(25-22(28)16-10-9-14(24)11-20(16)32-3)21(13-19(18)27(2)23(26)29)33(30,31)15-7-5-4-6-8-15/h4-13H,1-3H3,(H,25,28). The molecule has 8 nitrogen and oxygen atoms in total. The summed E-state index contributed by atoms with van der Waals surface area (Å²) in [5.41, 5.74) is 0.768. The van der Waals surface area contributed by atoms with E-state index in [1.807, 2.05) is 0 Å². The van der Waals surface area contributed by atoms with Gasteiger partial charge in [-0.15, -0.1) is 0 Å². The van der Waals surface area contributed by atoms with Crippen molar-refractivity contribution in [1.82, 2.24) is 9.13 Å². The quantitative estimate of drug-likeness (QED) is 0.465. The number of halogens is 1. The van der Waals surface area contributed by atoms with Gasteiger partial charge in [-0.05, 0) is 42.5 Å². The number of nitrogens with one attached hydrogen (secondary N) is 1. The lowest BCUT2D eigenvalue weighted by Crippen LogP contribution is -2.19. The number of fused-ring (bicyclic) bond motifs is 1. The molecule has 33 heavy (non-hydrogen) atoms. The maximum Gasteiger partial charge on any atom is 0.328 e. The first kappa shape index (κ1) is 22.6. The molecular weight excluding hydrogens is 466 g/mol. The number of methoxy groups -OCH3 is 1. The van der Waals surface area contributed by atoms with Crippen LogP contribution in [0.1, 0.15) is 10.4 Å². The number of aryl methyl sites for hydroxylation is 2. The largest absolute Gasteiger partial charge is 0.496 e. The van der Waals surface area contributed by atoms with Crippen LogP contribution in [-0.2, 0) is 23.9 Å². The van der Waals surface area contributed by atoms with Crippen molar-refractivity contribution in [3.8, 4) is 5.75 Å². The number of anilines is 1. The number of benzene rings is 3. The van der Waals surface area contributed by atoms with Gasteiger partial charge in [0.1, 0.15) is 5.75 Å². The van der Waals surface area contributed by atoms with E-state index in [0.29, 0.717) is 16.1 Å². The summed E-state index contributed by atoms with van der Waals surface area (Å²) in [5, 5.41) is 3.06. The van der Waals surface area contributed by atoms with E-state index in [9.17, 15) is 18.0 Å². The predicted octanol–water partition coefficient (Wildman–Crippen LogP) is 3.62. The first-order chi connectivity index (χ1) is 15.6. The molecule has 0 aliphatic rings. The van der Waals surface area contributed by atoms with Crippen LogP contribution >= 0.6 is 11.6 Å². The Labute approximate surface area is 194 Å². The van der Waals surface area contributed by atoms with Crippen molar-refractivity contribution in [1.29, 1.82) is 0 Å². The molecule has 0 unspecified atom stereocenters. The molecule has 4 aromatic rings. The number of ether oxygens (including phenoxy) is 1. The number of aromatic nitrogens is 2. The van der Waals surface area contributed by atoms with Gasteiger partial charge in [0, 0.05) is 19.1 Å². The van der Waals surface area contributed by atoms with Crippen molar-refractivity contribution >= 4 is 44.1 Å². The SMILES string of the molecule is COc1cc(Cl)ccc1C(=O)Nc1cc2c(cc1S(=O)(=O)c1ccccc1)n(C)c(=O)n2C. The van der Waals surface area contributed by atoms with Crippen LogP contribution in [0.5, 0.6) is 5.75 Å². The van der Waals surface area contributed by atoms with E-state index in [-0.39, 0.29) is 32.5 Å². The van der Waals surface area contributed by atoms with Crippen molar-refractivity contribution in [2.75, 3.05) is 12.4 Å². The van der Waals surface area contributed by atoms with Crippen molar-refractivity contribution in [3.63, 3.8) is 0 Å². The molecule has 10 heteroatoms. The molecular formula is C23H20ClN3O5S. The second-order valence-electron chi connectivity index (χ2n) is 7.35. The molecule has 1 N–H and O–H groups in total. The van der Waals surface area contributed by atoms with Gasteiger partial charge in [-0.3, -0.25) is 13.9 Å². The smallest absolute Gasteiger partial charge is 0.328 e. The van der Waals surface area contributed by atoms with Crippen LogP contribution in [0.15, 0.2) is 75.2 Å². The highest BCUT2D eigenvalue weighted by atomic mass is 35.5. The van der Waals surface area contributed by atoms with Crippen LogP contribution in [0.25, 0.3) is 11.0 Å². The third-order valence-electron chi connectivity index (χ3n) is 5.37. The maximum absolute atomic E-state index is 13.5. The van der Waals surface area contributed by atoms with E-state index in [1.165, 1.54) is 58.7 Å². The Morgan fingerprint density at radius 2 is 1.61 bits per heavy atom. The van der Waals surface area contributed by atoms with Gasteiger partial charge in [-0.1, -0.05) is 29.8 Å². The van der Waals surface area contributed by atoms with E-state index < -0.39 is 15.7 Å². The van der Waals surface area contributed by atoms with E-state index >= 15 is 0 Å². The number of amides is 1. The molecule has 1 amide bonds. The van der Waals surface area contributed by atoms with E-state index in [2.05, 4.69) is 5.32 Å². The minimum absolute atomic E-state index is 0.0366. The van der Waals surface area contributed by atoms with E-state index in [0.717, 1.165) is 0 Å². The summed E-state index contributed by atoms with van der Waals surface area (Å²) in [4.78, 5) is 25.5. The average Bonchev–Trinajstić information content (AvgIpc) is 3.02. The van der Waals surface area contributed by atoms with Gasteiger partial charge in [0.25, 0.3) is 5.91 Å². The number of rotatable bonds is 5. The highest BCUT2D eigenvalue weighted by molar-refractivity contribution is 7.91. The molecule has 0 radical (unpaired) electrons. The number of hydrogen-bond donors (Lipinski definition) is 1. The summed E-state index contributed by atoms with van der Waals surface area (Å²) in [5.74, 6) is -0.353. The number of sulfone groups is 1. The maximum atomic E-state index is 13.5. The molecule has 0 spiro atoms. The molecule has 0 bridgehead atoms. The monoisotopic (exact) mass is 485 g/mol. The lowest BCUT2D eigenvalue weighted by Gasteiger charge is -2.14. The molecule has 1 heterocycles. The Morgan fingerprint density at radius 3 is 2.24 bits per heavy atom.